The molecular weight excluding hydrogens is 364 g/mol. The van der Waals surface area contributed by atoms with Crippen molar-refractivity contribution in [3.8, 4) is 0 Å². The van der Waals surface area contributed by atoms with E-state index in [1.165, 1.54) is 25.0 Å². The molecular formula is C17H18O6S2. The number of esters is 1. The summed E-state index contributed by atoms with van der Waals surface area (Å²) in [5, 5.41) is 15.1. The lowest BCUT2D eigenvalue weighted by Gasteiger charge is -1.99. The Morgan fingerprint density at radius 2 is 1.72 bits per heavy atom. The second-order valence-corrected chi connectivity index (χ2v) is 6.77. The molecule has 0 aliphatic carbocycles. The van der Waals surface area contributed by atoms with Gasteiger partial charge in [0.05, 0.1) is 16.0 Å². The Morgan fingerprint density at radius 1 is 1.12 bits per heavy atom. The van der Waals surface area contributed by atoms with Crippen LogP contribution in [0.25, 0.3) is 19.5 Å². The van der Waals surface area contributed by atoms with Crippen LogP contribution in [-0.2, 0) is 14.3 Å². The van der Waals surface area contributed by atoms with E-state index in [9.17, 15) is 4.79 Å². The maximum absolute atomic E-state index is 11.9. The molecule has 6 nitrogen and oxygen atoms in total. The van der Waals surface area contributed by atoms with Gasteiger partial charge in [-0.3, -0.25) is 9.59 Å². The van der Waals surface area contributed by atoms with Crippen molar-refractivity contribution in [1.29, 1.82) is 0 Å². The van der Waals surface area contributed by atoms with Gasteiger partial charge in [0.25, 0.3) is 12.9 Å². The summed E-state index contributed by atoms with van der Waals surface area (Å²) >= 11 is 3.32. The van der Waals surface area contributed by atoms with Gasteiger partial charge in [-0.05, 0) is 38.0 Å². The van der Waals surface area contributed by atoms with Crippen molar-refractivity contribution in [3.63, 3.8) is 0 Å². The number of aryl methyl sites for hydroxylation is 2. The van der Waals surface area contributed by atoms with Crippen LogP contribution in [0, 0.1) is 13.8 Å². The van der Waals surface area contributed by atoms with Gasteiger partial charge in [0, 0.05) is 10.1 Å². The Labute approximate surface area is 152 Å². The van der Waals surface area contributed by atoms with Gasteiger partial charge in [-0.15, -0.1) is 22.7 Å². The molecule has 0 saturated heterocycles. The Balaban J connectivity index is 0.000000460. The first kappa shape index (κ1) is 20.6. The second-order valence-electron chi connectivity index (χ2n) is 4.70. The predicted octanol–water partition coefficient (Wildman–Crippen LogP) is 4.31. The molecule has 3 rings (SSSR count). The van der Waals surface area contributed by atoms with Crippen molar-refractivity contribution in [3.05, 3.63) is 34.2 Å². The number of thiophene rings is 2. The average molecular weight is 382 g/mol. The molecule has 0 fully saturated rings. The van der Waals surface area contributed by atoms with Crippen LogP contribution in [0.4, 0.5) is 0 Å². The molecule has 134 valence electrons. The molecule has 0 radical (unpaired) electrons. The lowest BCUT2D eigenvalue weighted by molar-refractivity contribution is -0.123. The molecule has 3 aromatic rings. The van der Waals surface area contributed by atoms with Crippen LogP contribution < -0.4 is 0 Å². The lowest BCUT2D eigenvalue weighted by atomic mass is 10.1. The SMILES string of the molecule is CCOC(=O)c1sc2c(sc3cccc(C)c32)c1C.O=CO.O=CO. The Hall–Kier alpha value is -2.45. The summed E-state index contributed by atoms with van der Waals surface area (Å²) in [6.07, 6.45) is 0. The number of hydrogen-bond donors (Lipinski definition) is 2. The molecule has 0 amide bonds. The number of benzene rings is 1. The standard InChI is InChI=1S/C15H14O2S2.2CH2O2/c1-4-17-15(16)13-9(3)12-14(19-13)11-8(2)6-5-7-10(11)18-12;2*2-1-3/h5-7H,4H2,1-3H3;2*1H,(H,2,3). The van der Waals surface area contributed by atoms with Crippen molar-refractivity contribution in [2.75, 3.05) is 6.61 Å². The third-order valence-electron chi connectivity index (χ3n) is 3.23. The molecule has 0 aliphatic rings. The first-order chi connectivity index (χ1) is 12.0. The van der Waals surface area contributed by atoms with E-state index in [0.29, 0.717) is 6.61 Å². The first-order valence-corrected chi connectivity index (χ1v) is 8.84. The zero-order chi connectivity index (χ0) is 19.0. The smallest absolute Gasteiger partial charge is 0.348 e. The van der Waals surface area contributed by atoms with Crippen LogP contribution in [0.2, 0.25) is 0 Å². The minimum atomic E-state index is -0.250. The topological polar surface area (TPSA) is 101 Å². The third kappa shape index (κ3) is 4.55. The van der Waals surface area contributed by atoms with E-state index in [1.807, 2.05) is 13.8 Å². The molecule has 1 aromatic carbocycles. The number of hydrogen-bond acceptors (Lipinski definition) is 6. The summed E-state index contributed by atoms with van der Waals surface area (Å²) in [4.78, 5) is 29.4. The van der Waals surface area contributed by atoms with Gasteiger partial charge in [0.2, 0.25) is 0 Å². The summed E-state index contributed by atoms with van der Waals surface area (Å²) < 4.78 is 8.86. The lowest BCUT2D eigenvalue weighted by Crippen LogP contribution is -2.03. The highest BCUT2D eigenvalue weighted by atomic mass is 32.1. The molecule has 2 heterocycles. The highest BCUT2D eigenvalue weighted by Crippen LogP contribution is 2.43. The molecule has 0 saturated carbocycles. The molecule has 0 atom stereocenters. The van der Waals surface area contributed by atoms with Crippen LogP contribution in [0.15, 0.2) is 18.2 Å². The fraction of sp³-hybridized carbons (Fsp3) is 0.235. The van der Waals surface area contributed by atoms with Gasteiger partial charge in [-0.1, -0.05) is 12.1 Å². The van der Waals surface area contributed by atoms with Crippen molar-refractivity contribution in [2.24, 2.45) is 0 Å². The van der Waals surface area contributed by atoms with Crippen LogP contribution in [0.1, 0.15) is 27.7 Å². The molecule has 25 heavy (non-hydrogen) atoms. The summed E-state index contributed by atoms with van der Waals surface area (Å²) in [5.74, 6) is -0.199. The number of carbonyl (C=O) groups is 3. The quantitative estimate of drug-likeness (QED) is 0.506. The molecule has 0 aliphatic heterocycles. The zero-order valence-electron chi connectivity index (χ0n) is 13.9. The van der Waals surface area contributed by atoms with E-state index < -0.39 is 0 Å². The molecule has 8 heteroatoms. The minimum Gasteiger partial charge on any atom is -0.483 e. The monoisotopic (exact) mass is 382 g/mol. The maximum atomic E-state index is 11.9. The number of fused-ring (bicyclic) bond motifs is 3. The average Bonchev–Trinajstić information content (AvgIpc) is 3.07. The van der Waals surface area contributed by atoms with Crippen molar-refractivity contribution < 1.29 is 29.3 Å². The van der Waals surface area contributed by atoms with E-state index in [0.717, 1.165) is 10.4 Å². The Morgan fingerprint density at radius 3 is 2.28 bits per heavy atom. The van der Waals surface area contributed by atoms with Gasteiger partial charge in [-0.2, -0.15) is 0 Å². The summed E-state index contributed by atoms with van der Waals surface area (Å²) in [6, 6.07) is 6.34. The Kier molecular flexibility index (Phi) is 8.03. The highest BCUT2D eigenvalue weighted by molar-refractivity contribution is 7.33. The minimum absolute atomic E-state index is 0.199. The van der Waals surface area contributed by atoms with E-state index in [4.69, 9.17) is 24.5 Å². The highest BCUT2D eigenvalue weighted by Gasteiger charge is 2.20. The second kappa shape index (κ2) is 9.75. The van der Waals surface area contributed by atoms with Crippen molar-refractivity contribution in [1.82, 2.24) is 0 Å². The molecule has 2 aromatic heterocycles. The van der Waals surface area contributed by atoms with Crippen molar-refractivity contribution in [2.45, 2.75) is 20.8 Å². The number of carbonyl (C=O) groups excluding carboxylic acids is 1. The zero-order valence-corrected chi connectivity index (χ0v) is 15.6. The summed E-state index contributed by atoms with van der Waals surface area (Å²) in [5.41, 5.74) is 2.32. The number of carboxylic acid groups (broad SMARTS) is 2. The van der Waals surface area contributed by atoms with Crippen molar-refractivity contribution >= 4 is 61.1 Å². The molecule has 2 N–H and O–H groups in total. The van der Waals surface area contributed by atoms with Gasteiger partial charge >= 0.3 is 5.97 Å². The van der Waals surface area contributed by atoms with Gasteiger partial charge < -0.3 is 14.9 Å². The van der Waals surface area contributed by atoms with Crippen LogP contribution in [-0.4, -0.2) is 35.7 Å². The first-order valence-electron chi connectivity index (χ1n) is 7.20. The number of ether oxygens (including phenoxy) is 1. The molecule has 0 bridgehead atoms. The summed E-state index contributed by atoms with van der Waals surface area (Å²) in [7, 11) is 0. The maximum Gasteiger partial charge on any atom is 0.348 e. The van der Waals surface area contributed by atoms with Crippen LogP contribution >= 0.6 is 22.7 Å². The Bertz CT molecular complexity index is 872. The number of rotatable bonds is 2. The van der Waals surface area contributed by atoms with Gasteiger partial charge in [0.1, 0.15) is 4.88 Å². The predicted molar refractivity (Wildman–Crippen MR) is 100 cm³/mol. The van der Waals surface area contributed by atoms with E-state index in [1.54, 1.807) is 22.7 Å². The van der Waals surface area contributed by atoms with Gasteiger partial charge in [-0.25, -0.2) is 4.79 Å². The van der Waals surface area contributed by atoms with Crippen LogP contribution in [0.5, 0.6) is 0 Å². The third-order valence-corrected chi connectivity index (χ3v) is 5.92. The van der Waals surface area contributed by atoms with E-state index in [-0.39, 0.29) is 18.9 Å². The van der Waals surface area contributed by atoms with Crippen LogP contribution in [0.3, 0.4) is 0 Å². The van der Waals surface area contributed by atoms with E-state index in [2.05, 4.69) is 25.1 Å². The van der Waals surface area contributed by atoms with Gasteiger partial charge in [0.15, 0.2) is 0 Å². The molecule has 0 spiro atoms. The largest absolute Gasteiger partial charge is 0.483 e. The molecule has 0 unspecified atom stereocenters. The fourth-order valence-electron chi connectivity index (χ4n) is 2.30. The normalized spacial score (nSPS) is 9.56. The summed E-state index contributed by atoms with van der Waals surface area (Å²) in [6.45, 7) is 5.88. The van der Waals surface area contributed by atoms with E-state index >= 15 is 0 Å². The fourth-order valence-corrected chi connectivity index (χ4v) is 5.09.